The van der Waals surface area contributed by atoms with E-state index < -0.39 is 6.43 Å². The fraction of sp³-hybridized carbons (Fsp3) is 0.382. The Morgan fingerprint density at radius 3 is 2.38 bits per heavy atom. The van der Waals surface area contributed by atoms with Gasteiger partial charge in [0, 0.05) is 23.6 Å². The summed E-state index contributed by atoms with van der Waals surface area (Å²) in [5.41, 5.74) is 11.7. The van der Waals surface area contributed by atoms with Gasteiger partial charge in [-0.1, -0.05) is 45.0 Å². The van der Waals surface area contributed by atoms with Gasteiger partial charge in [0.05, 0.1) is 13.7 Å². The second kappa shape index (κ2) is 15.9. The van der Waals surface area contributed by atoms with Crippen LogP contribution in [-0.2, 0) is 29.1 Å². The summed E-state index contributed by atoms with van der Waals surface area (Å²) in [6, 6.07) is 17.6. The van der Waals surface area contributed by atoms with Crippen molar-refractivity contribution in [2.75, 3.05) is 13.7 Å². The first-order valence-corrected chi connectivity index (χ1v) is 14.5. The highest BCUT2D eigenvalue weighted by atomic mass is 19.3. The number of furan rings is 1. The summed E-state index contributed by atoms with van der Waals surface area (Å²) in [7, 11) is 1.59. The molecule has 226 valence electrons. The molecule has 0 aliphatic heterocycles. The standard InChI is InChI=1S/C29H29F2NO3.C3H6O2.C2H6/c1-3-18-9-10-22(33-2)14-26(18)34-16-25-24-13-21(20-6-4-5-17(11-20)15-32)12-23(19-7-8-19)27(24)35-28(25)29(30)31;1-2-5-3-4;1-2/h4-6,9-14,19,29H,3,7-8,15-16,32H2,1-2H3;3H,2H2,1H3;1-2H3. The molecule has 42 heavy (non-hydrogen) atoms. The highest BCUT2D eigenvalue weighted by molar-refractivity contribution is 5.91. The van der Waals surface area contributed by atoms with Gasteiger partial charge in [0.1, 0.15) is 23.7 Å². The molecular formula is C34H41F2NO5. The van der Waals surface area contributed by atoms with E-state index in [0.29, 0.717) is 53.6 Å². The van der Waals surface area contributed by atoms with Crippen LogP contribution in [0, 0.1) is 0 Å². The maximum atomic E-state index is 14.1. The van der Waals surface area contributed by atoms with Crippen LogP contribution < -0.4 is 15.2 Å². The quantitative estimate of drug-likeness (QED) is 0.178. The summed E-state index contributed by atoms with van der Waals surface area (Å²) >= 11 is 0. The zero-order valence-corrected chi connectivity index (χ0v) is 25.0. The summed E-state index contributed by atoms with van der Waals surface area (Å²) in [6.07, 6.45) is 0.0668. The van der Waals surface area contributed by atoms with E-state index in [0.717, 1.165) is 47.1 Å². The van der Waals surface area contributed by atoms with Gasteiger partial charge in [-0.25, -0.2) is 8.78 Å². The van der Waals surface area contributed by atoms with Gasteiger partial charge < -0.3 is 24.4 Å². The Morgan fingerprint density at radius 2 is 1.81 bits per heavy atom. The van der Waals surface area contributed by atoms with Gasteiger partial charge in [-0.05, 0) is 84.2 Å². The SMILES string of the molecule is CC.CCOC=O.CCc1ccc(OC)cc1OCc1c(C(F)F)oc2c(C3CC3)cc(-c3cccc(CN)c3)cc12. The fourth-order valence-electron chi connectivity index (χ4n) is 4.67. The predicted molar refractivity (Wildman–Crippen MR) is 162 cm³/mol. The van der Waals surface area contributed by atoms with Crippen molar-refractivity contribution in [3.63, 3.8) is 0 Å². The summed E-state index contributed by atoms with van der Waals surface area (Å²) in [5, 5.41) is 0.679. The summed E-state index contributed by atoms with van der Waals surface area (Å²) in [4.78, 5) is 9.18. The first-order chi connectivity index (χ1) is 20.4. The Hall–Kier alpha value is -3.91. The number of aryl methyl sites for hydroxylation is 1. The lowest BCUT2D eigenvalue weighted by atomic mass is 9.96. The molecule has 0 spiro atoms. The Kier molecular flexibility index (Phi) is 12.4. The normalized spacial score (nSPS) is 12.2. The number of nitrogens with two attached hydrogens (primary N) is 1. The number of halogens is 2. The van der Waals surface area contributed by atoms with E-state index >= 15 is 0 Å². The molecule has 1 heterocycles. The topological polar surface area (TPSA) is 83.9 Å². The lowest BCUT2D eigenvalue weighted by Crippen LogP contribution is -2.01. The van der Waals surface area contributed by atoms with Crippen molar-refractivity contribution in [2.24, 2.45) is 5.73 Å². The molecule has 1 aromatic heterocycles. The smallest absolute Gasteiger partial charge is 0.295 e. The molecular weight excluding hydrogens is 540 g/mol. The van der Waals surface area contributed by atoms with Crippen LogP contribution in [0.25, 0.3) is 22.1 Å². The molecule has 6 nitrogen and oxygen atoms in total. The van der Waals surface area contributed by atoms with Crippen molar-refractivity contribution in [1.82, 2.24) is 0 Å². The van der Waals surface area contributed by atoms with Crippen LogP contribution in [0.4, 0.5) is 8.78 Å². The van der Waals surface area contributed by atoms with Crippen molar-refractivity contribution in [1.29, 1.82) is 0 Å². The molecule has 1 fully saturated rings. The fourth-order valence-corrected chi connectivity index (χ4v) is 4.67. The largest absolute Gasteiger partial charge is 0.497 e. The molecule has 0 saturated heterocycles. The van der Waals surface area contributed by atoms with Crippen molar-refractivity contribution in [3.8, 4) is 22.6 Å². The Balaban J connectivity index is 0.000000627. The molecule has 1 aliphatic rings. The van der Waals surface area contributed by atoms with Crippen LogP contribution in [-0.4, -0.2) is 20.2 Å². The minimum Gasteiger partial charge on any atom is -0.497 e. The van der Waals surface area contributed by atoms with E-state index in [1.54, 1.807) is 20.1 Å². The number of carbonyl (C=O) groups is 1. The van der Waals surface area contributed by atoms with Gasteiger partial charge in [0.25, 0.3) is 12.9 Å². The molecule has 0 radical (unpaired) electrons. The lowest BCUT2D eigenvalue weighted by Gasteiger charge is -2.13. The third kappa shape index (κ3) is 7.88. The van der Waals surface area contributed by atoms with Crippen molar-refractivity contribution < 1.29 is 32.2 Å². The number of benzene rings is 3. The van der Waals surface area contributed by atoms with Crippen molar-refractivity contribution in [3.05, 3.63) is 82.6 Å². The van der Waals surface area contributed by atoms with E-state index in [2.05, 4.69) is 10.8 Å². The molecule has 1 saturated carbocycles. The van der Waals surface area contributed by atoms with E-state index in [9.17, 15) is 13.6 Å². The van der Waals surface area contributed by atoms with E-state index in [-0.39, 0.29) is 12.4 Å². The first kappa shape index (κ1) is 32.6. The molecule has 1 aliphatic carbocycles. The first-order valence-electron chi connectivity index (χ1n) is 14.5. The number of rotatable bonds is 11. The highest BCUT2D eigenvalue weighted by Crippen LogP contribution is 2.47. The maximum Gasteiger partial charge on any atom is 0.295 e. The van der Waals surface area contributed by atoms with Gasteiger partial charge in [0.15, 0.2) is 5.76 Å². The molecule has 5 rings (SSSR count). The molecule has 0 atom stereocenters. The van der Waals surface area contributed by atoms with Gasteiger partial charge in [-0.2, -0.15) is 0 Å². The minimum absolute atomic E-state index is 0.0246. The van der Waals surface area contributed by atoms with Gasteiger partial charge in [-0.3, -0.25) is 4.79 Å². The van der Waals surface area contributed by atoms with Crippen LogP contribution in [0.2, 0.25) is 0 Å². The van der Waals surface area contributed by atoms with Crippen molar-refractivity contribution >= 4 is 17.4 Å². The minimum atomic E-state index is -2.74. The summed E-state index contributed by atoms with van der Waals surface area (Å²) in [5.74, 6) is 1.28. The highest BCUT2D eigenvalue weighted by Gasteiger charge is 2.31. The number of hydrogen-bond donors (Lipinski definition) is 1. The van der Waals surface area contributed by atoms with E-state index in [1.165, 1.54) is 0 Å². The third-order valence-electron chi connectivity index (χ3n) is 6.93. The predicted octanol–water partition coefficient (Wildman–Crippen LogP) is 8.73. The number of methoxy groups -OCH3 is 1. The molecule has 0 amide bonds. The van der Waals surface area contributed by atoms with Crippen LogP contribution in [0.15, 0.2) is 59.0 Å². The molecule has 0 unspecified atom stereocenters. The maximum absolute atomic E-state index is 14.1. The second-order valence-corrected chi connectivity index (χ2v) is 9.53. The van der Waals surface area contributed by atoms with Crippen LogP contribution >= 0.6 is 0 Å². The number of fused-ring (bicyclic) bond motifs is 1. The Labute approximate surface area is 246 Å². The number of ether oxygens (including phenoxy) is 3. The molecule has 4 aromatic rings. The average Bonchev–Trinajstić information content (AvgIpc) is 3.81. The second-order valence-electron chi connectivity index (χ2n) is 9.53. The third-order valence-corrected chi connectivity index (χ3v) is 6.93. The van der Waals surface area contributed by atoms with Crippen LogP contribution in [0.3, 0.4) is 0 Å². The molecule has 2 N–H and O–H groups in total. The summed E-state index contributed by atoms with van der Waals surface area (Å²) < 4.78 is 49.7. The lowest BCUT2D eigenvalue weighted by molar-refractivity contribution is -0.128. The molecule has 3 aromatic carbocycles. The average molecular weight is 582 g/mol. The zero-order chi connectivity index (χ0) is 30.6. The van der Waals surface area contributed by atoms with E-state index in [1.807, 2.05) is 63.2 Å². The van der Waals surface area contributed by atoms with E-state index in [4.69, 9.17) is 19.6 Å². The molecule has 0 bridgehead atoms. The van der Waals surface area contributed by atoms with Crippen LogP contribution in [0.5, 0.6) is 11.5 Å². The monoisotopic (exact) mass is 581 g/mol. The Bertz CT molecular complexity index is 1450. The summed E-state index contributed by atoms with van der Waals surface area (Å²) in [6.45, 7) is 9.10. The van der Waals surface area contributed by atoms with Gasteiger partial charge in [-0.15, -0.1) is 0 Å². The number of alkyl halides is 2. The van der Waals surface area contributed by atoms with Crippen molar-refractivity contribution in [2.45, 2.75) is 72.5 Å². The van der Waals surface area contributed by atoms with Gasteiger partial charge in [0.2, 0.25) is 0 Å². The number of carbonyl (C=O) groups excluding carboxylic acids is 1. The molecule has 8 heteroatoms. The van der Waals surface area contributed by atoms with Gasteiger partial charge >= 0.3 is 0 Å². The van der Waals surface area contributed by atoms with Crippen LogP contribution in [0.1, 0.15) is 80.9 Å². The zero-order valence-electron chi connectivity index (χ0n) is 25.0. The number of hydrogen-bond acceptors (Lipinski definition) is 6. The Morgan fingerprint density at radius 1 is 1.05 bits per heavy atom.